The van der Waals surface area contributed by atoms with E-state index in [0.717, 1.165) is 4.90 Å². The molecule has 10 heteroatoms. The number of benzene rings is 2. The number of hydrogen-bond donors (Lipinski definition) is 1. The van der Waals surface area contributed by atoms with Crippen molar-refractivity contribution in [2.24, 2.45) is 0 Å². The monoisotopic (exact) mass is 441 g/mol. The van der Waals surface area contributed by atoms with E-state index in [4.69, 9.17) is 14.7 Å². The number of nitrogens with zero attached hydrogens (tertiary/aromatic N) is 2. The number of hydrogen-bond acceptors (Lipinski definition) is 7. The minimum Gasteiger partial charge on any atom is -0.493 e. The maximum atomic E-state index is 13.7. The van der Waals surface area contributed by atoms with Gasteiger partial charge in [-0.25, -0.2) is 4.39 Å². The summed E-state index contributed by atoms with van der Waals surface area (Å²) >= 11 is 0.689. The zero-order valence-electron chi connectivity index (χ0n) is 16.3. The molecule has 31 heavy (non-hydrogen) atoms. The third-order valence-corrected chi connectivity index (χ3v) is 5.01. The first-order valence-corrected chi connectivity index (χ1v) is 9.72. The number of methoxy groups -OCH3 is 1. The molecule has 0 bridgehead atoms. The molecule has 0 unspecified atom stereocenters. The van der Waals surface area contributed by atoms with E-state index < -0.39 is 29.4 Å². The lowest BCUT2D eigenvalue weighted by molar-refractivity contribution is -0.127. The Morgan fingerprint density at radius 3 is 2.74 bits per heavy atom. The predicted octanol–water partition coefficient (Wildman–Crippen LogP) is 3.41. The van der Waals surface area contributed by atoms with Crippen molar-refractivity contribution in [1.29, 1.82) is 5.26 Å². The highest BCUT2D eigenvalue weighted by molar-refractivity contribution is 8.18. The van der Waals surface area contributed by atoms with Crippen molar-refractivity contribution in [2.75, 3.05) is 25.6 Å². The third kappa shape index (κ3) is 5.21. The summed E-state index contributed by atoms with van der Waals surface area (Å²) in [5.41, 5.74) is 0.517. The van der Waals surface area contributed by atoms with Gasteiger partial charge in [-0.15, -0.1) is 0 Å². The predicted molar refractivity (Wildman–Crippen MR) is 112 cm³/mol. The molecule has 0 saturated carbocycles. The van der Waals surface area contributed by atoms with E-state index in [1.54, 1.807) is 24.3 Å². The van der Waals surface area contributed by atoms with Gasteiger partial charge in [-0.05, 0) is 47.7 Å². The van der Waals surface area contributed by atoms with Gasteiger partial charge in [-0.1, -0.05) is 18.2 Å². The van der Waals surface area contributed by atoms with Crippen molar-refractivity contribution < 1.29 is 28.2 Å². The van der Waals surface area contributed by atoms with E-state index >= 15 is 0 Å². The van der Waals surface area contributed by atoms with Crippen molar-refractivity contribution in [1.82, 2.24) is 4.90 Å². The largest absolute Gasteiger partial charge is 0.493 e. The van der Waals surface area contributed by atoms with Crippen LogP contribution in [0.3, 0.4) is 0 Å². The zero-order valence-corrected chi connectivity index (χ0v) is 17.1. The summed E-state index contributed by atoms with van der Waals surface area (Å²) in [5, 5.41) is 10.4. The molecule has 0 aliphatic carbocycles. The highest BCUT2D eigenvalue weighted by Crippen LogP contribution is 2.34. The van der Waals surface area contributed by atoms with E-state index in [1.165, 1.54) is 31.4 Å². The first-order chi connectivity index (χ1) is 14.9. The molecule has 1 heterocycles. The number of thioether (sulfide) groups is 1. The SMILES string of the molecule is COc1cc(C=C2SC(=O)N(CC(=O)Nc3ccccc3F)C2=O)ccc1OCC#N. The van der Waals surface area contributed by atoms with Crippen molar-refractivity contribution in [3.8, 4) is 17.6 Å². The van der Waals surface area contributed by atoms with Crippen LogP contribution in [0, 0.1) is 17.1 Å². The number of imide groups is 1. The Bertz CT molecular complexity index is 1110. The number of carbonyl (C=O) groups excluding carboxylic acids is 3. The topological polar surface area (TPSA) is 109 Å². The van der Waals surface area contributed by atoms with Crippen LogP contribution in [0.4, 0.5) is 14.9 Å². The molecule has 0 radical (unpaired) electrons. The maximum Gasteiger partial charge on any atom is 0.294 e. The van der Waals surface area contributed by atoms with Gasteiger partial charge in [0.05, 0.1) is 17.7 Å². The van der Waals surface area contributed by atoms with Crippen LogP contribution in [-0.4, -0.2) is 42.2 Å². The Morgan fingerprint density at radius 1 is 1.26 bits per heavy atom. The molecular weight excluding hydrogens is 425 g/mol. The fourth-order valence-electron chi connectivity index (χ4n) is 2.69. The number of amides is 3. The molecule has 8 nitrogen and oxygen atoms in total. The van der Waals surface area contributed by atoms with Crippen LogP contribution in [0.15, 0.2) is 47.4 Å². The van der Waals surface area contributed by atoms with Crippen LogP contribution in [-0.2, 0) is 9.59 Å². The lowest BCUT2D eigenvalue weighted by Gasteiger charge is -2.12. The van der Waals surface area contributed by atoms with Gasteiger partial charge >= 0.3 is 0 Å². The average molecular weight is 441 g/mol. The van der Waals surface area contributed by atoms with Gasteiger partial charge in [0, 0.05) is 0 Å². The van der Waals surface area contributed by atoms with Gasteiger partial charge in [0.1, 0.15) is 18.4 Å². The molecule has 1 aliphatic heterocycles. The summed E-state index contributed by atoms with van der Waals surface area (Å²) in [6, 6.07) is 12.2. The normalized spacial score (nSPS) is 14.5. The van der Waals surface area contributed by atoms with Crippen molar-refractivity contribution >= 4 is 40.6 Å². The molecule has 1 saturated heterocycles. The van der Waals surface area contributed by atoms with Crippen LogP contribution in [0.25, 0.3) is 6.08 Å². The van der Waals surface area contributed by atoms with Crippen molar-refractivity contribution in [2.45, 2.75) is 0 Å². The second-order valence-electron chi connectivity index (χ2n) is 6.15. The fourth-order valence-corrected chi connectivity index (χ4v) is 3.53. The van der Waals surface area contributed by atoms with Gasteiger partial charge < -0.3 is 14.8 Å². The van der Waals surface area contributed by atoms with Gasteiger partial charge in [0.2, 0.25) is 5.91 Å². The summed E-state index contributed by atoms with van der Waals surface area (Å²) in [6.45, 7) is -0.690. The van der Waals surface area contributed by atoms with Crippen LogP contribution >= 0.6 is 11.8 Å². The number of nitrogens with one attached hydrogen (secondary N) is 1. The van der Waals surface area contributed by atoms with E-state index in [0.29, 0.717) is 28.8 Å². The number of para-hydroxylation sites is 1. The zero-order chi connectivity index (χ0) is 22.4. The summed E-state index contributed by atoms with van der Waals surface area (Å²) < 4.78 is 24.1. The Hall–Kier alpha value is -3.84. The van der Waals surface area contributed by atoms with Crippen molar-refractivity contribution in [3.63, 3.8) is 0 Å². The quantitative estimate of drug-likeness (QED) is 0.656. The fraction of sp³-hybridized carbons (Fsp3) is 0.143. The highest BCUT2D eigenvalue weighted by atomic mass is 32.2. The van der Waals surface area contributed by atoms with Crippen LogP contribution in [0.2, 0.25) is 0 Å². The molecule has 1 aliphatic rings. The second kappa shape index (κ2) is 9.77. The third-order valence-electron chi connectivity index (χ3n) is 4.10. The first-order valence-electron chi connectivity index (χ1n) is 8.90. The molecular formula is C21H16FN3O5S. The van der Waals surface area contributed by atoms with E-state index in [2.05, 4.69) is 5.32 Å². The lowest BCUT2D eigenvalue weighted by Crippen LogP contribution is -2.36. The Morgan fingerprint density at radius 2 is 2.03 bits per heavy atom. The molecule has 1 fully saturated rings. The van der Waals surface area contributed by atoms with E-state index in [1.807, 2.05) is 6.07 Å². The summed E-state index contributed by atoms with van der Waals surface area (Å²) in [7, 11) is 1.43. The number of carbonyl (C=O) groups is 3. The van der Waals surface area contributed by atoms with Crippen LogP contribution in [0.1, 0.15) is 5.56 Å². The van der Waals surface area contributed by atoms with Crippen molar-refractivity contribution in [3.05, 3.63) is 58.8 Å². The van der Waals surface area contributed by atoms with Gasteiger partial charge in [-0.2, -0.15) is 5.26 Å². The first kappa shape index (κ1) is 21.9. The number of nitriles is 1. The van der Waals surface area contributed by atoms with Crippen LogP contribution in [0.5, 0.6) is 11.5 Å². The number of halogens is 1. The number of ether oxygens (including phenoxy) is 2. The van der Waals surface area contributed by atoms with Crippen LogP contribution < -0.4 is 14.8 Å². The summed E-state index contributed by atoms with van der Waals surface area (Å²) in [6.07, 6.45) is 1.48. The van der Waals surface area contributed by atoms with E-state index in [9.17, 15) is 18.8 Å². The number of rotatable bonds is 7. The van der Waals surface area contributed by atoms with Gasteiger partial charge in [0.15, 0.2) is 18.1 Å². The molecule has 0 aromatic heterocycles. The average Bonchev–Trinajstić information content (AvgIpc) is 3.01. The maximum absolute atomic E-state index is 13.7. The molecule has 2 aromatic rings. The Kier molecular flexibility index (Phi) is 6.89. The standard InChI is InChI=1S/C21H16FN3O5S/c1-29-17-10-13(6-7-16(17)30-9-8-23)11-18-20(27)25(21(28)31-18)12-19(26)24-15-5-3-2-4-14(15)22/h2-7,10-11H,9,12H2,1H3,(H,24,26). The molecule has 3 rings (SSSR count). The molecule has 158 valence electrons. The minimum atomic E-state index is -0.700. The summed E-state index contributed by atoms with van der Waals surface area (Å²) in [4.78, 5) is 37.9. The highest BCUT2D eigenvalue weighted by Gasteiger charge is 2.36. The minimum absolute atomic E-state index is 0.0409. The van der Waals surface area contributed by atoms with E-state index in [-0.39, 0.29) is 17.2 Å². The number of anilines is 1. The Labute approximate surface area is 181 Å². The second-order valence-corrected chi connectivity index (χ2v) is 7.15. The Balaban J connectivity index is 1.72. The molecule has 3 amide bonds. The molecule has 0 spiro atoms. The molecule has 2 aromatic carbocycles. The lowest BCUT2D eigenvalue weighted by atomic mass is 10.2. The summed E-state index contributed by atoms with van der Waals surface area (Å²) in [5.74, 6) is -1.25. The smallest absolute Gasteiger partial charge is 0.294 e. The molecule has 0 atom stereocenters. The van der Waals surface area contributed by atoms with Gasteiger partial charge in [-0.3, -0.25) is 19.3 Å². The molecule has 1 N–H and O–H groups in total. The van der Waals surface area contributed by atoms with Gasteiger partial charge in [0.25, 0.3) is 11.1 Å².